The summed E-state index contributed by atoms with van der Waals surface area (Å²) in [6, 6.07) is 56.9. The van der Waals surface area contributed by atoms with Gasteiger partial charge in [-0.2, -0.15) is 0 Å². The summed E-state index contributed by atoms with van der Waals surface area (Å²) in [7, 11) is 0. The lowest BCUT2D eigenvalue weighted by Gasteiger charge is -2.22. The smallest absolute Gasteiger partial charge is 0.346 e. The number of esters is 2. The van der Waals surface area contributed by atoms with Gasteiger partial charge in [0.05, 0.1) is 11.1 Å². The maximum Gasteiger partial charge on any atom is 0.346 e. The van der Waals surface area contributed by atoms with Crippen molar-refractivity contribution in [1.29, 1.82) is 0 Å². The van der Waals surface area contributed by atoms with Gasteiger partial charge >= 0.3 is 11.9 Å². The molecule has 0 fully saturated rings. The minimum absolute atomic E-state index is 0.441. The lowest BCUT2D eigenvalue weighted by Crippen LogP contribution is -2.19. The SMILES string of the molecule is O=C1OC(=O)c2ccc3c4ccc5c6ccc7c8c(ccc(c9ccc(c%10ccc1c2c%103)c4c95)c86)-c1c-7c(-c2ccccc2)c2ccccc2c1-c1ccccc1. The number of rotatable bonds is 2. The summed E-state index contributed by atoms with van der Waals surface area (Å²) in [4.78, 5) is 25.8. The Hall–Kier alpha value is -7.62. The van der Waals surface area contributed by atoms with Crippen LogP contribution in [0.25, 0.3) is 131 Å². The lowest BCUT2D eigenvalue weighted by atomic mass is 9.82. The number of hydrogen-bond donors (Lipinski definition) is 0. The summed E-state index contributed by atoms with van der Waals surface area (Å²) in [6.45, 7) is 0. The number of ether oxygens (including phenoxy) is 1. The zero-order chi connectivity index (χ0) is 37.3. The van der Waals surface area contributed by atoms with E-state index >= 15 is 0 Å². The highest BCUT2D eigenvalue weighted by Crippen LogP contribution is 2.60. The molecule has 260 valence electrons. The number of fused-ring (bicyclic) bond motifs is 8. The average Bonchev–Trinajstić information content (AvgIpc) is 3.59. The number of carbonyl (C=O) groups is 2. The monoisotopic (exact) mass is 722 g/mol. The highest BCUT2D eigenvalue weighted by molar-refractivity contribution is 6.45. The molecule has 1 aliphatic heterocycles. The molecule has 1 aliphatic carbocycles. The molecule has 12 aromatic carbocycles. The highest BCUT2D eigenvalue weighted by atomic mass is 16.6. The minimum atomic E-state index is -0.588. The van der Waals surface area contributed by atoms with E-state index in [1.54, 1.807) is 0 Å². The van der Waals surface area contributed by atoms with Crippen molar-refractivity contribution in [3.05, 3.63) is 169 Å². The number of carbonyl (C=O) groups excluding carboxylic acids is 2. The molecule has 2 aliphatic rings. The predicted octanol–water partition coefficient (Wildman–Crippen LogP) is 14.1. The van der Waals surface area contributed by atoms with Crippen LogP contribution in [-0.2, 0) is 4.74 Å². The Morgan fingerprint density at radius 3 is 0.930 bits per heavy atom. The first-order chi connectivity index (χ1) is 28.2. The van der Waals surface area contributed by atoms with E-state index in [2.05, 4.69) is 133 Å². The first-order valence-corrected chi connectivity index (χ1v) is 19.4. The zero-order valence-corrected chi connectivity index (χ0v) is 30.2. The van der Waals surface area contributed by atoms with Gasteiger partial charge in [0.1, 0.15) is 0 Å². The van der Waals surface area contributed by atoms with E-state index < -0.39 is 11.9 Å². The summed E-state index contributed by atoms with van der Waals surface area (Å²) >= 11 is 0. The van der Waals surface area contributed by atoms with Crippen molar-refractivity contribution in [2.45, 2.75) is 0 Å². The molecule has 0 bridgehead atoms. The van der Waals surface area contributed by atoms with Gasteiger partial charge < -0.3 is 4.74 Å². The molecule has 0 atom stereocenters. The van der Waals surface area contributed by atoms with Crippen molar-refractivity contribution in [1.82, 2.24) is 0 Å². The average molecular weight is 723 g/mol. The van der Waals surface area contributed by atoms with Crippen LogP contribution in [0.5, 0.6) is 0 Å². The Morgan fingerprint density at radius 1 is 0.246 bits per heavy atom. The summed E-state index contributed by atoms with van der Waals surface area (Å²) < 4.78 is 5.12. The van der Waals surface area contributed by atoms with Crippen LogP contribution in [0.3, 0.4) is 0 Å². The first kappa shape index (κ1) is 29.7. The number of hydrogen-bond acceptors (Lipinski definition) is 3. The summed E-state index contributed by atoms with van der Waals surface area (Å²) in [5, 5.41) is 18.4. The standard InChI is InChI=1S/C54H26O3/c55-53-41-25-21-37-33-17-15-31-35-19-23-39-49-40(52-44(28-11-5-2-6-12-28)30-14-8-7-13-29(30)43(51(39)52)27-9-3-1-4-10-27)24-20-36(47(35)49)32-16-18-34(46(33)45(31)32)38-22-26-42(54(56)57-53)50(41)48(37)38/h1-26H. The molecule has 57 heavy (non-hydrogen) atoms. The van der Waals surface area contributed by atoms with Gasteiger partial charge in [0.2, 0.25) is 0 Å². The normalized spacial score (nSPS) is 13.5. The molecule has 0 saturated carbocycles. The van der Waals surface area contributed by atoms with Crippen LogP contribution in [0.4, 0.5) is 0 Å². The van der Waals surface area contributed by atoms with Gasteiger partial charge in [-0.05, 0) is 137 Å². The molecule has 0 unspecified atom stereocenters. The van der Waals surface area contributed by atoms with Crippen LogP contribution in [0, 0.1) is 0 Å². The molecule has 0 spiro atoms. The zero-order valence-electron chi connectivity index (χ0n) is 30.2. The maximum atomic E-state index is 12.9. The first-order valence-electron chi connectivity index (χ1n) is 19.4. The maximum absolute atomic E-state index is 12.9. The Kier molecular flexibility index (Phi) is 5.30. The van der Waals surface area contributed by atoms with Gasteiger partial charge in [-0.3, -0.25) is 0 Å². The molecule has 0 radical (unpaired) electrons. The lowest BCUT2D eigenvalue weighted by molar-refractivity contribution is 0.0391. The van der Waals surface area contributed by atoms with Crippen LogP contribution in [0.1, 0.15) is 20.7 Å². The second kappa shape index (κ2) is 10.2. The van der Waals surface area contributed by atoms with Gasteiger partial charge in [0, 0.05) is 5.39 Å². The molecule has 1 heterocycles. The van der Waals surface area contributed by atoms with Crippen LogP contribution in [-0.4, -0.2) is 11.9 Å². The molecular weight excluding hydrogens is 697 g/mol. The summed E-state index contributed by atoms with van der Waals surface area (Å²) in [5.74, 6) is -1.18. The molecule has 0 N–H and O–H groups in total. The second-order valence-electron chi connectivity index (χ2n) is 15.7. The van der Waals surface area contributed by atoms with E-state index in [4.69, 9.17) is 4.74 Å². The summed E-state index contributed by atoms with van der Waals surface area (Å²) in [5.41, 5.74) is 11.0. The van der Waals surface area contributed by atoms with Crippen molar-refractivity contribution < 1.29 is 14.3 Å². The van der Waals surface area contributed by atoms with Gasteiger partial charge in [0.25, 0.3) is 0 Å². The molecular formula is C54H26O3. The molecule has 0 amide bonds. The predicted molar refractivity (Wildman–Crippen MR) is 234 cm³/mol. The van der Waals surface area contributed by atoms with E-state index in [0.29, 0.717) is 16.5 Å². The van der Waals surface area contributed by atoms with Gasteiger partial charge in [-0.15, -0.1) is 0 Å². The van der Waals surface area contributed by atoms with Gasteiger partial charge in [-0.1, -0.05) is 146 Å². The number of cyclic esters (lactones) is 2. The fourth-order valence-electron chi connectivity index (χ4n) is 11.0. The molecule has 0 saturated heterocycles. The van der Waals surface area contributed by atoms with Crippen LogP contribution in [0.2, 0.25) is 0 Å². The fraction of sp³-hybridized carbons (Fsp3) is 0. The Bertz CT molecular complexity index is 3600. The molecule has 3 heteroatoms. The minimum Gasteiger partial charge on any atom is -0.386 e. The van der Waals surface area contributed by atoms with Crippen molar-refractivity contribution in [3.63, 3.8) is 0 Å². The Morgan fingerprint density at radius 2 is 0.544 bits per heavy atom. The molecule has 12 aromatic rings. The Labute approximate surface area is 324 Å². The molecule has 0 aromatic heterocycles. The van der Waals surface area contributed by atoms with E-state index in [1.165, 1.54) is 98.4 Å². The van der Waals surface area contributed by atoms with E-state index in [0.717, 1.165) is 26.9 Å². The third kappa shape index (κ3) is 3.46. The number of benzene rings is 12. The van der Waals surface area contributed by atoms with Crippen molar-refractivity contribution in [2.24, 2.45) is 0 Å². The van der Waals surface area contributed by atoms with Crippen LogP contribution in [0.15, 0.2) is 158 Å². The third-order valence-electron chi connectivity index (χ3n) is 13.1. The Balaban J connectivity index is 1.15. The van der Waals surface area contributed by atoms with Gasteiger partial charge in [0.15, 0.2) is 0 Å². The second-order valence-corrected chi connectivity index (χ2v) is 15.7. The van der Waals surface area contributed by atoms with Crippen LogP contribution < -0.4 is 0 Å². The van der Waals surface area contributed by atoms with Crippen LogP contribution >= 0.6 is 0 Å². The van der Waals surface area contributed by atoms with E-state index in [9.17, 15) is 9.59 Å². The molecule has 14 rings (SSSR count). The topological polar surface area (TPSA) is 43.4 Å². The van der Waals surface area contributed by atoms with E-state index in [1.807, 2.05) is 24.3 Å². The van der Waals surface area contributed by atoms with Crippen molar-refractivity contribution >= 4 is 98.1 Å². The quantitative estimate of drug-likeness (QED) is 0.0772. The van der Waals surface area contributed by atoms with Crippen molar-refractivity contribution in [3.8, 4) is 44.5 Å². The summed E-state index contributed by atoms with van der Waals surface area (Å²) in [6.07, 6.45) is 0. The third-order valence-corrected chi connectivity index (χ3v) is 13.1. The molecule has 3 nitrogen and oxygen atoms in total. The van der Waals surface area contributed by atoms with E-state index in [-0.39, 0.29) is 0 Å². The van der Waals surface area contributed by atoms with Crippen molar-refractivity contribution in [2.75, 3.05) is 0 Å². The largest absolute Gasteiger partial charge is 0.386 e. The van der Waals surface area contributed by atoms with Gasteiger partial charge in [-0.25, -0.2) is 9.59 Å². The highest BCUT2D eigenvalue weighted by Gasteiger charge is 2.33. The fourth-order valence-corrected chi connectivity index (χ4v) is 11.0.